The van der Waals surface area contributed by atoms with E-state index in [1.165, 1.54) is 28.0 Å². The van der Waals surface area contributed by atoms with E-state index in [1.54, 1.807) is 36.4 Å². The monoisotopic (exact) mass is 601 g/mol. The number of ether oxygens (including phenoxy) is 3. The largest absolute Gasteiger partial charge is 0.507 e. The number of aliphatic hydroxyl groups excluding tert-OH is 1. The van der Waals surface area contributed by atoms with Crippen molar-refractivity contribution in [3.63, 3.8) is 0 Å². The summed E-state index contributed by atoms with van der Waals surface area (Å²) in [7, 11) is 0. The van der Waals surface area contributed by atoms with Crippen LogP contribution in [0.5, 0.6) is 17.2 Å². The molecule has 3 heterocycles. The number of carbonyl (C=O) groups is 2. The minimum atomic E-state index is -0.955. The maximum absolute atomic E-state index is 13.6. The Kier molecular flexibility index (Phi) is 8.11. The fraction of sp³-hybridized carbons (Fsp3) is 0.226. The number of fused-ring (bicyclic) bond motifs is 1. The quantitative estimate of drug-likeness (QED) is 0.0810. The zero-order valence-corrected chi connectivity index (χ0v) is 24.3. The fourth-order valence-electron chi connectivity index (χ4n) is 4.76. The van der Waals surface area contributed by atoms with Crippen LogP contribution in [-0.2, 0) is 15.3 Å². The first kappa shape index (κ1) is 27.8. The van der Waals surface area contributed by atoms with Crippen molar-refractivity contribution < 1.29 is 28.9 Å². The lowest BCUT2D eigenvalue weighted by Crippen LogP contribution is -2.29. The van der Waals surface area contributed by atoms with Crippen molar-refractivity contribution >= 4 is 45.7 Å². The molecule has 0 aliphatic carbocycles. The molecule has 42 heavy (non-hydrogen) atoms. The van der Waals surface area contributed by atoms with E-state index < -0.39 is 17.7 Å². The van der Waals surface area contributed by atoms with Crippen LogP contribution in [0, 0.1) is 0 Å². The molecule has 0 saturated carbocycles. The first-order chi connectivity index (χ1) is 20.5. The van der Waals surface area contributed by atoms with Gasteiger partial charge in [-0.1, -0.05) is 72.5 Å². The van der Waals surface area contributed by atoms with E-state index in [4.69, 9.17) is 14.2 Å². The van der Waals surface area contributed by atoms with Gasteiger partial charge in [0, 0.05) is 11.3 Å². The summed E-state index contributed by atoms with van der Waals surface area (Å²) < 4.78 is 17.8. The van der Waals surface area contributed by atoms with Crippen molar-refractivity contribution in [1.82, 2.24) is 10.2 Å². The van der Waals surface area contributed by atoms with Crippen molar-refractivity contribution in [2.45, 2.75) is 29.5 Å². The zero-order valence-electron chi connectivity index (χ0n) is 22.7. The van der Waals surface area contributed by atoms with Crippen LogP contribution in [-0.4, -0.2) is 46.8 Å². The van der Waals surface area contributed by atoms with Gasteiger partial charge in [0.2, 0.25) is 5.13 Å². The number of aliphatic hydroxyl groups is 1. The minimum absolute atomic E-state index is 0.0574. The van der Waals surface area contributed by atoms with Gasteiger partial charge < -0.3 is 19.3 Å². The van der Waals surface area contributed by atoms with Crippen molar-refractivity contribution in [3.05, 3.63) is 95.1 Å². The molecule has 3 aromatic carbocycles. The van der Waals surface area contributed by atoms with Crippen LogP contribution in [0.15, 0.2) is 82.7 Å². The lowest BCUT2D eigenvalue weighted by atomic mass is 9.95. The lowest BCUT2D eigenvalue weighted by molar-refractivity contribution is -0.132. The lowest BCUT2D eigenvalue weighted by Gasteiger charge is -2.23. The van der Waals surface area contributed by atoms with Gasteiger partial charge in [0.1, 0.15) is 24.7 Å². The highest BCUT2D eigenvalue weighted by Crippen LogP contribution is 2.45. The Hall–Kier alpha value is -4.35. The summed E-state index contributed by atoms with van der Waals surface area (Å²) in [5.41, 5.74) is 1.99. The van der Waals surface area contributed by atoms with Crippen molar-refractivity contribution in [2.24, 2.45) is 0 Å². The third kappa shape index (κ3) is 5.57. The number of ketones is 1. The van der Waals surface area contributed by atoms with Gasteiger partial charge >= 0.3 is 5.91 Å². The second-order valence-corrected chi connectivity index (χ2v) is 11.8. The summed E-state index contributed by atoms with van der Waals surface area (Å²) in [5.74, 6) is 0.339. The minimum Gasteiger partial charge on any atom is -0.507 e. The molecule has 1 atom stereocenters. The topological polar surface area (TPSA) is 111 Å². The number of amides is 1. The average Bonchev–Trinajstić information content (AvgIpc) is 3.60. The van der Waals surface area contributed by atoms with Crippen LogP contribution in [0.3, 0.4) is 0 Å². The van der Waals surface area contributed by atoms with Crippen molar-refractivity contribution in [2.75, 3.05) is 24.7 Å². The van der Waals surface area contributed by atoms with Gasteiger partial charge in [0.05, 0.1) is 18.2 Å². The second kappa shape index (κ2) is 12.3. The number of thioether (sulfide) groups is 1. The Labute approximate surface area is 250 Å². The molecule has 9 nitrogen and oxygen atoms in total. The molecule has 1 N–H and O–H groups in total. The molecule has 0 radical (unpaired) electrons. The van der Waals surface area contributed by atoms with Crippen molar-refractivity contribution in [3.8, 4) is 17.2 Å². The van der Waals surface area contributed by atoms with Crippen molar-refractivity contribution in [1.29, 1.82) is 0 Å². The number of nitrogens with zero attached hydrogens (tertiary/aromatic N) is 3. The molecule has 1 aromatic heterocycles. The standard InChI is InChI=1S/C31H27N3O6S2/c1-2-13-38-22-10-6-9-20(16-22)26-25(27(35)21-11-12-23-24(17-21)40-15-14-39-23)28(36)29(37)34(26)30-32-33-31(42-30)41-18-19-7-4-3-5-8-19/h3-12,16-17,26,35H,2,13-15,18H2,1H3/b27-25+/t26-/m0/s1. The SMILES string of the molecule is CCCOc1cccc([C@H]2/C(=C(\O)c3ccc4c(c3)OCCO4)C(=O)C(=O)N2c2nnc(SCc3ccccc3)s2)c1. The molecular weight excluding hydrogens is 574 g/mol. The number of benzene rings is 3. The number of rotatable bonds is 9. The van der Waals surface area contributed by atoms with Crippen LogP contribution >= 0.6 is 23.1 Å². The molecule has 0 unspecified atom stereocenters. The molecule has 1 fully saturated rings. The van der Waals surface area contributed by atoms with Gasteiger partial charge in [-0.2, -0.15) is 0 Å². The normalized spacial score (nSPS) is 17.5. The molecule has 11 heteroatoms. The third-order valence-corrected chi connectivity index (χ3v) is 8.84. The molecule has 6 rings (SSSR count). The summed E-state index contributed by atoms with van der Waals surface area (Å²) in [5, 5.41) is 20.4. The van der Waals surface area contributed by atoms with E-state index in [0.717, 1.165) is 12.0 Å². The van der Waals surface area contributed by atoms with Gasteiger partial charge in [-0.25, -0.2) is 0 Å². The molecule has 0 spiro atoms. The first-order valence-electron chi connectivity index (χ1n) is 13.5. The van der Waals surface area contributed by atoms with Gasteiger partial charge in [-0.15, -0.1) is 10.2 Å². The van der Waals surface area contributed by atoms with E-state index in [-0.39, 0.29) is 16.5 Å². The maximum Gasteiger partial charge on any atom is 0.301 e. The summed E-state index contributed by atoms with van der Waals surface area (Å²) in [4.78, 5) is 28.5. The molecule has 2 aliphatic heterocycles. The van der Waals surface area contributed by atoms with E-state index in [2.05, 4.69) is 10.2 Å². The Morgan fingerprint density at radius 2 is 1.83 bits per heavy atom. The number of carbonyl (C=O) groups excluding carboxylic acids is 2. The highest BCUT2D eigenvalue weighted by atomic mass is 32.2. The third-order valence-electron chi connectivity index (χ3n) is 6.71. The molecule has 4 aromatic rings. The van der Waals surface area contributed by atoms with Gasteiger partial charge in [-0.3, -0.25) is 14.5 Å². The van der Waals surface area contributed by atoms with E-state index in [0.29, 0.717) is 58.3 Å². The smallest absolute Gasteiger partial charge is 0.301 e. The van der Waals surface area contributed by atoms with Gasteiger partial charge in [0.15, 0.2) is 15.8 Å². The first-order valence-corrected chi connectivity index (χ1v) is 15.3. The highest BCUT2D eigenvalue weighted by molar-refractivity contribution is 8.00. The summed E-state index contributed by atoms with van der Waals surface area (Å²) in [6, 6.07) is 21.1. The number of anilines is 1. The number of aromatic nitrogens is 2. The molecule has 214 valence electrons. The van der Waals surface area contributed by atoms with Crippen LogP contribution in [0.2, 0.25) is 0 Å². The van der Waals surface area contributed by atoms with E-state index >= 15 is 0 Å². The maximum atomic E-state index is 13.6. The Bertz CT molecular complexity index is 1660. The number of hydrogen-bond donors (Lipinski definition) is 1. The van der Waals surface area contributed by atoms with Crippen LogP contribution in [0.25, 0.3) is 5.76 Å². The van der Waals surface area contributed by atoms with Gasteiger partial charge in [0.25, 0.3) is 5.78 Å². The zero-order chi connectivity index (χ0) is 29.1. The average molecular weight is 602 g/mol. The van der Waals surface area contributed by atoms with E-state index in [1.807, 2.05) is 43.3 Å². The Morgan fingerprint density at radius 3 is 2.64 bits per heavy atom. The Balaban J connectivity index is 1.41. The van der Waals surface area contributed by atoms with Gasteiger partial charge in [-0.05, 0) is 47.9 Å². The Morgan fingerprint density at radius 1 is 1.02 bits per heavy atom. The molecule has 0 bridgehead atoms. The molecule has 2 aliphatic rings. The second-order valence-electron chi connectivity index (χ2n) is 9.57. The highest BCUT2D eigenvalue weighted by Gasteiger charge is 2.48. The summed E-state index contributed by atoms with van der Waals surface area (Å²) in [6.45, 7) is 3.31. The van der Waals surface area contributed by atoms with E-state index in [9.17, 15) is 14.7 Å². The molecule has 1 amide bonds. The predicted octanol–water partition coefficient (Wildman–Crippen LogP) is 6.02. The predicted molar refractivity (Wildman–Crippen MR) is 160 cm³/mol. The van der Waals surface area contributed by atoms with Crippen LogP contribution in [0.1, 0.15) is 36.1 Å². The van der Waals surface area contributed by atoms with Crippen LogP contribution in [0.4, 0.5) is 5.13 Å². The van der Waals surface area contributed by atoms with Crippen LogP contribution < -0.4 is 19.1 Å². The summed E-state index contributed by atoms with van der Waals surface area (Å²) in [6.07, 6.45) is 0.820. The number of hydrogen-bond acceptors (Lipinski definition) is 10. The fourth-order valence-corrected chi connectivity index (χ4v) is 6.59. The summed E-state index contributed by atoms with van der Waals surface area (Å²) >= 11 is 2.72. The molecule has 1 saturated heterocycles. The molecular formula is C31H27N3O6S2. The number of Topliss-reactive ketones (excluding diaryl/α,β-unsaturated/α-hetero) is 1.